The second kappa shape index (κ2) is 7.42. The third kappa shape index (κ3) is 3.44. The van der Waals surface area contributed by atoms with E-state index < -0.39 is 0 Å². The first-order valence-corrected chi connectivity index (χ1v) is 8.97. The number of Topliss-reactive ketones (excluding diaryl/α,β-unsaturated/α-hetero) is 1. The Morgan fingerprint density at radius 1 is 0.741 bits per heavy atom. The Labute approximate surface area is 158 Å². The topological polar surface area (TPSA) is 37.4 Å². The van der Waals surface area contributed by atoms with Crippen LogP contribution in [0.4, 0.5) is 0 Å². The van der Waals surface area contributed by atoms with E-state index in [4.69, 9.17) is 0 Å². The van der Waals surface area contributed by atoms with Crippen LogP contribution in [0.5, 0.6) is 0 Å². The van der Waals surface area contributed by atoms with Crippen molar-refractivity contribution >= 4 is 17.8 Å². The lowest BCUT2D eigenvalue weighted by molar-refractivity contribution is 0.0742. The molecule has 0 radical (unpaired) electrons. The number of ketones is 1. The number of carbonyl (C=O) groups is 2. The summed E-state index contributed by atoms with van der Waals surface area (Å²) in [5.74, 6) is -0.0798. The van der Waals surface area contributed by atoms with Crippen molar-refractivity contribution in [3.05, 3.63) is 113 Å². The van der Waals surface area contributed by atoms with Gasteiger partial charge in [0, 0.05) is 23.7 Å². The molecule has 1 atom stereocenters. The van der Waals surface area contributed by atoms with Gasteiger partial charge in [-0.15, -0.1) is 0 Å². The molecule has 132 valence electrons. The van der Waals surface area contributed by atoms with Gasteiger partial charge >= 0.3 is 0 Å². The summed E-state index contributed by atoms with van der Waals surface area (Å²) < 4.78 is 0. The van der Waals surface area contributed by atoms with Gasteiger partial charge in [-0.05, 0) is 29.3 Å². The highest BCUT2D eigenvalue weighted by molar-refractivity contribution is 5.99. The SMILES string of the molecule is O=C(CC1c2ccccc2C=CN1C(=O)c1ccccc1)c1ccccc1. The first-order valence-electron chi connectivity index (χ1n) is 8.97. The maximum atomic E-state index is 13.1. The summed E-state index contributed by atoms with van der Waals surface area (Å²) in [5, 5.41) is 0. The molecule has 1 aliphatic heterocycles. The highest BCUT2D eigenvalue weighted by Crippen LogP contribution is 2.34. The molecule has 0 fully saturated rings. The quantitative estimate of drug-likeness (QED) is 0.610. The molecule has 1 unspecified atom stereocenters. The van der Waals surface area contributed by atoms with E-state index in [9.17, 15) is 9.59 Å². The van der Waals surface area contributed by atoms with Crippen LogP contribution in [-0.2, 0) is 0 Å². The van der Waals surface area contributed by atoms with E-state index in [0.717, 1.165) is 11.1 Å². The van der Waals surface area contributed by atoms with E-state index in [2.05, 4.69) is 0 Å². The molecule has 1 amide bonds. The number of amides is 1. The molecule has 1 heterocycles. The van der Waals surface area contributed by atoms with Crippen molar-refractivity contribution in [1.82, 2.24) is 4.90 Å². The van der Waals surface area contributed by atoms with E-state index >= 15 is 0 Å². The Kier molecular flexibility index (Phi) is 4.67. The summed E-state index contributed by atoms with van der Waals surface area (Å²) in [4.78, 5) is 27.6. The molecule has 4 rings (SSSR count). The van der Waals surface area contributed by atoms with Gasteiger partial charge in [-0.25, -0.2) is 0 Å². The standard InChI is InChI=1S/C24H19NO2/c26-23(19-10-3-1-4-11-19)17-22-21-14-8-7-9-18(21)15-16-25(22)24(27)20-12-5-2-6-13-20/h1-16,22H,17H2. The average molecular weight is 353 g/mol. The van der Waals surface area contributed by atoms with Crippen LogP contribution >= 0.6 is 0 Å². The lowest BCUT2D eigenvalue weighted by Gasteiger charge is -2.33. The van der Waals surface area contributed by atoms with Crippen molar-refractivity contribution in [3.8, 4) is 0 Å². The largest absolute Gasteiger partial charge is 0.307 e. The molecule has 0 aromatic heterocycles. The molecular formula is C24H19NO2. The van der Waals surface area contributed by atoms with Gasteiger partial charge in [-0.1, -0.05) is 72.8 Å². The Morgan fingerprint density at radius 3 is 2.04 bits per heavy atom. The minimum Gasteiger partial charge on any atom is -0.307 e. The molecule has 0 bridgehead atoms. The van der Waals surface area contributed by atoms with Crippen LogP contribution in [0.2, 0.25) is 0 Å². The zero-order valence-corrected chi connectivity index (χ0v) is 14.8. The molecule has 3 aromatic carbocycles. The maximum Gasteiger partial charge on any atom is 0.258 e. The van der Waals surface area contributed by atoms with Gasteiger partial charge in [0.1, 0.15) is 0 Å². The summed E-state index contributed by atoms with van der Waals surface area (Å²) in [6.45, 7) is 0. The summed E-state index contributed by atoms with van der Waals surface area (Å²) in [6.07, 6.45) is 3.96. The Balaban J connectivity index is 1.70. The number of nitrogens with zero attached hydrogens (tertiary/aromatic N) is 1. The zero-order chi connectivity index (χ0) is 18.6. The Bertz CT molecular complexity index is 993. The minimum atomic E-state index is -0.327. The highest BCUT2D eigenvalue weighted by atomic mass is 16.2. The predicted molar refractivity (Wildman–Crippen MR) is 106 cm³/mol. The third-order valence-electron chi connectivity index (χ3n) is 4.84. The lowest BCUT2D eigenvalue weighted by Crippen LogP contribution is -2.33. The fraction of sp³-hybridized carbons (Fsp3) is 0.0833. The first kappa shape index (κ1) is 17.0. The second-order valence-corrected chi connectivity index (χ2v) is 6.53. The number of hydrogen-bond acceptors (Lipinski definition) is 2. The van der Waals surface area contributed by atoms with Crippen molar-refractivity contribution in [1.29, 1.82) is 0 Å². The highest BCUT2D eigenvalue weighted by Gasteiger charge is 2.30. The van der Waals surface area contributed by atoms with Gasteiger partial charge in [0.15, 0.2) is 5.78 Å². The third-order valence-corrected chi connectivity index (χ3v) is 4.84. The van der Waals surface area contributed by atoms with E-state index in [1.807, 2.05) is 78.9 Å². The van der Waals surface area contributed by atoms with Gasteiger partial charge in [0.05, 0.1) is 6.04 Å². The van der Waals surface area contributed by atoms with E-state index in [-0.39, 0.29) is 24.2 Å². The van der Waals surface area contributed by atoms with E-state index in [0.29, 0.717) is 11.1 Å². The molecule has 3 heteroatoms. The van der Waals surface area contributed by atoms with Crippen LogP contribution in [0.15, 0.2) is 91.1 Å². The molecule has 27 heavy (non-hydrogen) atoms. The molecule has 0 saturated heterocycles. The fourth-order valence-corrected chi connectivity index (χ4v) is 3.45. The molecule has 0 spiro atoms. The van der Waals surface area contributed by atoms with Crippen LogP contribution in [0.3, 0.4) is 0 Å². The number of rotatable bonds is 4. The minimum absolute atomic E-state index is 0.0246. The normalized spacial score (nSPS) is 15.3. The molecule has 3 nitrogen and oxygen atoms in total. The van der Waals surface area contributed by atoms with Crippen LogP contribution in [0.25, 0.3) is 6.08 Å². The van der Waals surface area contributed by atoms with Gasteiger partial charge in [0.25, 0.3) is 5.91 Å². The zero-order valence-electron chi connectivity index (χ0n) is 14.8. The molecular weight excluding hydrogens is 334 g/mol. The van der Waals surface area contributed by atoms with Crippen molar-refractivity contribution in [2.75, 3.05) is 0 Å². The van der Waals surface area contributed by atoms with Gasteiger partial charge in [-0.2, -0.15) is 0 Å². The molecule has 0 aliphatic carbocycles. The van der Waals surface area contributed by atoms with Crippen molar-refractivity contribution in [2.45, 2.75) is 12.5 Å². The monoisotopic (exact) mass is 353 g/mol. The van der Waals surface area contributed by atoms with Crippen LogP contribution < -0.4 is 0 Å². The molecule has 0 saturated carbocycles. The number of fused-ring (bicyclic) bond motifs is 1. The lowest BCUT2D eigenvalue weighted by atomic mass is 9.90. The van der Waals surface area contributed by atoms with Gasteiger partial charge < -0.3 is 4.90 Å². The van der Waals surface area contributed by atoms with Gasteiger partial charge in [-0.3, -0.25) is 9.59 Å². The number of hydrogen-bond donors (Lipinski definition) is 0. The summed E-state index contributed by atoms with van der Waals surface area (Å²) in [7, 11) is 0. The average Bonchev–Trinajstić information content (AvgIpc) is 2.74. The molecule has 1 aliphatic rings. The van der Waals surface area contributed by atoms with Gasteiger partial charge in [0.2, 0.25) is 0 Å². The Morgan fingerprint density at radius 2 is 1.33 bits per heavy atom. The van der Waals surface area contributed by atoms with Crippen LogP contribution in [0, 0.1) is 0 Å². The molecule has 0 N–H and O–H groups in total. The van der Waals surface area contributed by atoms with Crippen LogP contribution in [0.1, 0.15) is 44.3 Å². The summed E-state index contributed by atoms with van der Waals surface area (Å²) >= 11 is 0. The fourth-order valence-electron chi connectivity index (χ4n) is 3.45. The van der Waals surface area contributed by atoms with Crippen molar-refractivity contribution in [2.24, 2.45) is 0 Å². The second-order valence-electron chi connectivity index (χ2n) is 6.53. The predicted octanol–water partition coefficient (Wildman–Crippen LogP) is 5.13. The summed E-state index contributed by atoms with van der Waals surface area (Å²) in [6, 6.07) is 26.0. The Hall–Kier alpha value is -3.46. The number of carbonyl (C=O) groups excluding carboxylic acids is 2. The summed E-state index contributed by atoms with van der Waals surface area (Å²) in [5.41, 5.74) is 3.31. The number of benzene rings is 3. The smallest absolute Gasteiger partial charge is 0.258 e. The van der Waals surface area contributed by atoms with E-state index in [1.165, 1.54) is 0 Å². The van der Waals surface area contributed by atoms with Crippen LogP contribution in [-0.4, -0.2) is 16.6 Å². The van der Waals surface area contributed by atoms with E-state index in [1.54, 1.807) is 23.2 Å². The van der Waals surface area contributed by atoms with Crippen molar-refractivity contribution in [3.63, 3.8) is 0 Å². The first-order chi connectivity index (χ1) is 13.2. The van der Waals surface area contributed by atoms with Crippen molar-refractivity contribution < 1.29 is 9.59 Å². The molecule has 3 aromatic rings. The maximum absolute atomic E-state index is 13.1.